The van der Waals surface area contributed by atoms with E-state index in [-0.39, 0.29) is 0 Å². The molecule has 15 heavy (non-hydrogen) atoms. The smallest absolute Gasteiger partial charge is 0.0635 e. The molecule has 1 heterocycles. The van der Waals surface area contributed by atoms with Crippen LogP contribution in [-0.2, 0) is 6.42 Å². The van der Waals surface area contributed by atoms with E-state index in [4.69, 9.17) is 11.5 Å². The molecule has 0 saturated heterocycles. The van der Waals surface area contributed by atoms with Crippen LogP contribution in [-0.4, -0.2) is 0 Å². The van der Waals surface area contributed by atoms with E-state index >= 15 is 0 Å². The molecule has 3 heteroatoms. The minimum atomic E-state index is 0.652. The van der Waals surface area contributed by atoms with Crippen LogP contribution in [0.3, 0.4) is 0 Å². The normalized spacial score (nSPS) is 10.5. The molecule has 0 radical (unpaired) electrons. The maximum absolute atomic E-state index is 5.95. The Morgan fingerprint density at radius 2 is 1.93 bits per heavy atom. The van der Waals surface area contributed by atoms with Crippen molar-refractivity contribution in [2.75, 3.05) is 11.5 Å². The van der Waals surface area contributed by atoms with Gasteiger partial charge in [-0.1, -0.05) is 19.1 Å². The summed E-state index contributed by atoms with van der Waals surface area (Å²) in [6, 6.07) is 10.0. The third-order valence-corrected chi connectivity index (χ3v) is 3.68. The molecule has 0 saturated carbocycles. The number of rotatable bonds is 2. The molecule has 0 atom stereocenters. The van der Waals surface area contributed by atoms with E-state index in [9.17, 15) is 0 Å². The van der Waals surface area contributed by atoms with Gasteiger partial charge in [0.1, 0.15) is 0 Å². The van der Waals surface area contributed by atoms with Gasteiger partial charge in [0.15, 0.2) is 0 Å². The predicted octanol–water partition coefficient (Wildman–Crippen LogP) is 3.14. The van der Waals surface area contributed by atoms with Gasteiger partial charge in [0.05, 0.1) is 11.4 Å². The van der Waals surface area contributed by atoms with E-state index in [1.54, 1.807) is 11.3 Å². The monoisotopic (exact) mass is 218 g/mol. The van der Waals surface area contributed by atoms with Gasteiger partial charge in [-0.2, -0.15) is 0 Å². The number of para-hydroxylation sites is 1. The first-order valence-electron chi connectivity index (χ1n) is 4.95. The third-order valence-electron chi connectivity index (χ3n) is 2.42. The first-order chi connectivity index (χ1) is 7.22. The minimum Gasteiger partial charge on any atom is -0.397 e. The Bertz CT molecular complexity index is 474. The van der Waals surface area contributed by atoms with Gasteiger partial charge >= 0.3 is 0 Å². The molecule has 0 amide bonds. The summed E-state index contributed by atoms with van der Waals surface area (Å²) in [7, 11) is 0. The molecule has 0 aliphatic carbocycles. The molecule has 2 aromatic rings. The molecule has 1 aromatic carbocycles. The summed E-state index contributed by atoms with van der Waals surface area (Å²) in [5.74, 6) is 0. The van der Waals surface area contributed by atoms with Crippen molar-refractivity contribution in [2.45, 2.75) is 13.3 Å². The number of hydrogen-bond donors (Lipinski definition) is 2. The second kappa shape index (κ2) is 3.95. The highest BCUT2D eigenvalue weighted by atomic mass is 32.1. The molecule has 0 fully saturated rings. The number of benzene rings is 1. The fraction of sp³-hybridized carbons (Fsp3) is 0.167. The summed E-state index contributed by atoms with van der Waals surface area (Å²) < 4.78 is 0. The van der Waals surface area contributed by atoms with Crippen molar-refractivity contribution in [2.24, 2.45) is 0 Å². The molecule has 0 aliphatic heterocycles. The standard InChI is InChI=1S/C12H14N2S/c1-2-8-6-7-11(15-8)9-4-3-5-10(13)12(9)14/h3-7H,2,13-14H2,1H3. The number of hydrogen-bond acceptors (Lipinski definition) is 3. The molecule has 4 N–H and O–H groups in total. The van der Waals surface area contributed by atoms with E-state index in [1.807, 2.05) is 18.2 Å². The summed E-state index contributed by atoms with van der Waals surface area (Å²) in [6.45, 7) is 2.15. The van der Waals surface area contributed by atoms with Crippen molar-refractivity contribution in [3.8, 4) is 10.4 Å². The van der Waals surface area contributed by atoms with Gasteiger partial charge in [-0.25, -0.2) is 0 Å². The van der Waals surface area contributed by atoms with Gasteiger partial charge in [0.25, 0.3) is 0 Å². The van der Waals surface area contributed by atoms with E-state index in [0.717, 1.165) is 12.0 Å². The predicted molar refractivity (Wildman–Crippen MR) is 68.0 cm³/mol. The van der Waals surface area contributed by atoms with Crippen molar-refractivity contribution in [1.82, 2.24) is 0 Å². The fourth-order valence-corrected chi connectivity index (χ4v) is 2.50. The molecule has 0 spiro atoms. The molecule has 0 unspecified atom stereocenters. The molecular weight excluding hydrogens is 204 g/mol. The largest absolute Gasteiger partial charge is 0.397 e. The molecule has 0 aliphatic rings. The fourth-order valence-electron chi connectivity index (χ4n) is 1.51. The lowest BCUT2D eigenvalue weighted by atomic mass is 10.1. The Balaban J connectivity index is 2.49. The molecule has 0 bridgehead atoms. The Morgan fingerprint density at radius 3 is 2.60 bits per heavy atom. The van der Waals surface area contributed by atoms with Gasteiger partial charge in [-0.15, -0.1) is 11.3 Å². The van der Waals surface area contributed by atoms with Crippen LogP contribution >= 0.6 is 11.3 Å². The number of nitrogens with two attached hydrogens (primary N) is 2. The van der Waals surface area contributed by atoms with Gasteiger partial charge in [0, 0.05) is 15.3 Å². The highest BCUT2D eigenvalue weighted by molar-refractivity contribution is 7.15. The molecular formula is C12H14N2S. The van der Waals surface area contributed by atoms with Crippen LogP contribution in [0.4, 0.5) is 11.4 Å². The van der Waals surface area contributed by atoms with Crippen molar-refractivity contribution < 1.29 is 0 Å². The summed E-state index contributed by atoms with van der Waals surface area (Å²) in [4.78, 5) is 2.56. The summed E-state index contributed by atoms with van der Waals surface area (Å²) in [6.07, 6.45) is 1.06. The maximum Gasteiger partial charge on any atom is 0.0635 e. The lowest BCUT2D eigenvalue weighted by molar-refractivity contribution is 1.19. The lowest BCUT2D eigenvalue weighted by Crippen LogP contribution is -1.95. The van der Waals surface area contributed by atoms with Crippen molar-refractivity contribution in [3.05, 3.63) is 35.2 Å². The second-order valence-electron chi connectivity index (χ2n) is 3.43. The summed E-state index contributed by atoms with van der Waals surface area (Å²) >= 11 is 1.77. The van der Waals surface area contributed by atoms with Crippen molar-refractivity contribution >= 4 is 22.7 Å². The van der Waals surface area contributed by atoms with Gasteiger partial charge in [-0.05, 0) is 24.6 Å². The van der Waals surface area contributed by atoms with Crippen LogP contribution in [0.15, 0.2) is 30.3 Å². The first kappa shape index (κ1) is 10.1. The average molecular weight is 218 g/mol. The quantitative estimate of drug-likeness (QED) is 0.761. The van der Waals surface area contributed by atoms with Crippen LogP contribution in [0, 0.1) is 0 Å². The van der Waals surface area contributed by atoms with Gasteiger partial charge in [-0.3, -0.25) is 0 Å². The van der Waals surface area contributed by atoms with Crippen LogP contribution in [0.5, 0.6) is 0 Å². The molecule has 2 nitrogen and oxygen atoms in total. The zero-order chi connectivity index (χ0) is 10.8. The van der Waals surface area contributed by atoms with E-state index in [1.165, 1.54) is 9.75 Å². The van der Waals surface area contributed by atoms with Gasteiger partial charge < -0.3 is 11.5 Å². The van der Waals surface area contributed by atoms with E-state index < -0.39 is 0 Å². The Kier molecular flexibility index (Phi) is 2.64. The van der Waals surface area contributed by atoms with Crippen LogP contribution in [0.2, 0.25) is 0 Å². The second-order valence-corrected chi connectivity index (χ2v) is 4.60. The number of nitrogen functional groups attached to an aromatic ring is 2. The number of aryl methyl sites for hydroxylation is 1. The van der Waals surface area contributed by atoms with Crippen LogP contribution < -0.4 is 11.5 Å². The number of anilines is 2. The molecule has 2 rings (SSSR count). The lowest BCUT2D eigenvalue weighted by Gasteiger charge is -2.05. The Labute approximate surface area is 93.5 Å². The topological polar surface area (TPSA) is 52.0 Å². The van der Waals surface area contributed by atoms with Crippen LogP contribution in [0.25, 0.3) is 10.4 Å². The Hall–Kier alpha value is -1.48. The number of thiophene rings is 1. The third kappa shape index (κ3) is 1.83. The minimum absolute atomic E-state index is 0.652. The summed E-state index contributed by atoms with van der Waals surface area (Å²) in [5, 5.41) is 0. The van der Waals surface area contributed by atoms with Crippen molar-refractivity contribution in [3.63, 3.8) is 0 Å². The zero-order valence-electron chi connectivity index (χ0n) is 8.66. The molecule has 78 valence electrons. The van der Waals surface area contributed by atoms with E-state index in [0.29, 0.717) is 11.4 Å². The summed E-state index contributed by atoms with van der Waals surface area (Å²) in [5.41, 5.74) is 14.1. The van der Waals surface area contributed by atoms with Crippen molar-refractivity contribution in [1.29, 1.82) is 0 Å². The van der Waals surface area contributed by atoms with E-state index in [2.05, 4.69) is 19.1 Å². The highest BCUT2D eigenvalue weighted by Crippen LogP contribution is 2.34. The maximum atomic E-state index is 5.95. The van der Waals surface area contributed by atoms with Gasteiger partial charge in [0.2, 0.25) is 0 Å². The van der Waals surface area contributed by atoms with Crippen LogP contribution in [0.1, 0.15) is 11.8 Å². The molecule has 1 aromatic heterocycles. The SMILES string of the molecule is CCc1ccc(-c2cccc(N)c2N)s1. The first-order valence-corrected chi connectivity index (χ1v) is 5.77. The Morgan fingerprint density at radius 1 is 1.13 bits per heavy atom. The highest BCUT2D eigenvalue weighted by Gasteiger charge is 2.07. The zero-order valence-corrected chi connectivity index (χ0v) is 9.47. The average Bonchev–Trinajstić information content (AvgIpc) is 2.70.